The molecule has 0 radical (unpaired) electrons. The fourth-order valence-corrected chi connectivity index (χ4v) is 2.11. The first-order valence-corrected chi connectivity index (χ1v) is 5.87. The van der Waals surface area contributed by atoms with Crippen LogP contribution in [0.25, 0.3) is 0 Å². The first kappa shape index (κ1) is 13.4. The molecule has 94 valence electrons. The summed E-state index contributed by atoms with van der Waals surface area (Å²) in [6.07, 6.45) is 0.674. The summed E-state index contributed by atoms with van der Waals surface area (Å²) in [5.74, 6) is -0.701. The molecule has 0 aromatic heterocycles. The Hall–Kier alpha value is -0.650. The Morgan fingerprint density at radius 2 is 2.00 bits per heavy atom. The third-order valence-electron chi connectivity index (χ3n) is 3.13. The topological polar surface area (TPSA) is 53.0 Å². The molecule has 0 aliphatic carbocycles. The molecule has 16 heavy (non-hydrogen) atoms. The van der Waals surface area contributed by atoms with Crippen LogP contribution in [0, 0.1) is 0 Å². The molecular weight excluding hydrogens is 208 g/mol. The van der Waals surface area contributed by atoms with Gasteiger partial charge in [0.05, 0.1) is 6.61 Å². The Morgan fingerprint density at radius 3 is 2.44 bits per heavy atom. The first-order valence-electron chi connectivity index (χ1n) is 5.87. The number of rotatable bonds is 6. The molecular formula is C11H22N2O3. The van der Waals surface area contributed by atoms with Gasteiger partial charge in [-0.25, -0.2) is 0 Å². The summed E-state index contributed by atoms with van der Waals surface area (Å²) in [6.45, 7) is 7.17. The van der Waals surface area contributed by atoms with Crippen molar-refractivity contribution in [1.29, 1.82) is 0 Å². The van der Waals surface area contributed by atoms with Gasteiger partial charge in [0.15, 0.2) is 0 Å². The van der Waals surface area contributed by atoms with Crippen molar-refractivity contribution in [1.82, 2.24) is 9.80 Å². The standard InChI is InChI=1S/C11H22N2O3/c1-3-10(11(14)15)13-6-4-12(5-7-13)8-9-16-2/h10H,3-9H2,1-2H3,(H,14,15). The van der Waals surface area contributed by atoms with E-state index in [-0.39, 0.29) is 6.04 Å². The average molecular weight is 230 g/mol. The van der Waals surface area contributed by atoms with Crippen LogP contribution < -0.4 is 0 Å². The monoisotopic (exact) mass is 230 g/mol. The number of hydrogen-bond acceptors (Lipinski definition) is 4. The van der Waals surface area contributed by atoms with Gasteiger partial charge in [0.1, 0.15) is 6.04 Å². The lowest BCUT2D eigenvalue weighted by atomic mass is 10.1. The van der Waals surface area contributed by atoms with Crippen LogP contribution in [0.1, 0.15) is 13.3 Å². The molecule has 0 spiro atoms. The van der Waals surface area contributed by atoms with Gasteiger partial charge in [0.25, 0.3) is 0 Å². The number of aliphatic carboxylic acids is 1. The molecule has 1 unspecified atom stereocenters. The minimum absolute atomic E-state index is 0.315. The lowest BCUT2D eigenvalue weighted by molar-refractivity contribution is -0.144. The molecule has 1 saturated heterocycles. The predicted octanol–water partition coefficient (Wildman–Crippen LogP) is 0.114. The predicted molar refractivity (Wildman–Crippen MR) is 61.6 cm³/mol. The number of methoxy groups -OCH3 is 1. The van der Waals surface area contributed by atoms with Crippen LogP contribution in [0.5, 0.6) is 0 Å². The largest absolute Gasteiger partial charge is 0.480 e. The van der Waals surface area contributed by atoms with Gasteiger partial charge >= 0.3 is 5.97 Å². The number of hydrogen-bond donors (Lipinski definition) is 1. The van der Waals surface area contributed by atoms with Crippen LogP contribution in [-0.2, 0) is 9.53 Å². The van der Waals surface area contributed by atoms with Gasteiger partial charge in [-0.05, 0) is 6.42 Å². The van der Waals surface area contributed by atoms with Crippen molar-refractivity contribution in [3.8, 4) is 0 Å². The van der Waals surface area contributed by atoms with Crippen molar-refractivity contribution in [2.24, 2.45) is 0 Å². The fraction of sp³-hybridized carbons (Fsp3) is 0.909. The maximum absolute atomic E-state index is 11.0. The van der Waals surface area contributed by atoms with Gasteiger partial charge < -0.3 is 9.84 Å². The Labute approximate surface area is 97.0 Å². The maximum atomic E-state index is 11.0. The molecule has 0 saturated carbocycles. The normalized spacial score (nSPS) is 20.9. The highest BCUT2D eigenvalue weighted by Gasteiger charge is 2.26. The highest BCUT2D eigenvalue weighted by Crippen LogP contribution is 2.09. The molecule has 1 atom stereocenters. The van der Waals surface area contributed by atoms with Crippen LogP contribution in [0.4, 0.5) is 0 Å². The van der Waals surface area contributed by atoms with Crippen LogP contribution in [0.3, 0.4) is 0 Å². The summed E-state index contributed by atoms with van der Waals surface area (Å²) < 4.78 is 5.03. The van der Waals surface area contributed by atoms with Gasteiger partial charge in [-0.1, -0.05) is 6.92 Å². The summed E-state index contributed by atoms with van der Waals surface area (Å²) in [6, 6.07) is -0.315. The number of carbonyl (C=O) groups is 1. The van der Waals surface area contributed by atoms with Gasteiger partial charge in [0, 0.05) is 39.8 Å². The molecule has 1 aliphatic heterocycles. The van der Waals surface area contributed by atoms with Gasteiger partial charge in [-0.2, -0.15) is 0 Å². The molecule has 1 rings (SSSR count). The van der Waals surface area contributed by atoms with E-state index in [0.29, 0.717) is 6.42 Å². The molecule has 0 bridgehead atoms. The zero-order chi connectivity index (χ0) is 12.0. The van der Waals surface area contributed by atoms with Crippen molar-refractivity contribution in [3.63, 3.8) is 0 Å². The Bertz CT molecular complexity index is 215. The second-order valence-corrected chi connectivity index (χ2v) is 4.13. The van der Waals surface area contributed by atoms with Crippen LogP contribution in [0.2, 0.25) is 0 Å². The SMILES string of the molecule is CCC(C(=O)O)N1CCN(CCOC)CC1. The zero-order valence-corrected chi connectivity index (χ0v) is 10.2. The molecule has 5 nitrogen and oxygen atoms in total. The van der Waals surface area contributed by atoms with Crippen molar-refractivity contribution in [2.75, 3.05) is 46.4 Å². The lowest BCUT2D eigenvalue weighted by Crippen LogP contribution is -2.52. The molecule has 0 aromatic rings. The van der Waals surface area contributed by atoms with E-state index in [9.17, 15) is 4.79 Å². The van der Waals surface area contributed by atoms with Gasteiger partial charge in [-0.15, -0.1) is 0 Å². The maximum Gasteiger partial charge on any atom is 0.320 e. The molecule has 0 amide bonds. The molecule has 1 N–H and O–H groups in total. The highest BCUT2D eigenvalue weighted by atomic mass is 16.5. The van der Waals surface area contributed by atoms with Crippen molar-refractivity contribution >= 4 is 5.97 Å². The Balaban J connectivity index is 2.33. The van der Waals surface area contributed by atoms with Gasteiger partial charge in [0.2, 0.25) is 0 Å². The molecule has 1 aliphatic rings. The molecule has 1 fully saturated rings. The van der Waals surface area contributed by atoms with Crippen molar-refractivity contribution < 1.29 is 14.6 Å². The van der Waals surface area contributed by atoms with Crippen LogP contribution in [-0.4, -0.2) is 73.4 Å². The van der Waals surface area contributed by atoms with Crippen molar-refractivity contribution in [3.05, 3.63) is 0 Å². The van der Waals surface area contributed by atoms with E-state index in [4.69, 9.17) is 9.84 Å². The minimum atomic E-state index is -0.701. The van der Waals surface area contributed by atoms with Crippen molar-refractivity contribution in [2.45, 2.75) is 19.4 Å². The summed E-state index contributed by atoms with van der Waals surface area (Å²) >= 11 is 0. The molecule has 1 heterocycles. The quantitative estimate of drug-likeness (QED) is 0.702. The first-order chi connectivity index (χ1) is 7.69. The minimum Gasteiger partial charge on any atom is -0.480 e. The number of nitrogens with zero attached hydrogens (tertiary/aromatic N) is 2. The Morgan fingerprint density at radius 1 is 1.38 bits per heavy atom. The fourth-order valence-electron chi connectivity index (χ4n) is 2.11. The van der Waals surface area contributed by atoms with E-state index in [1.165, 1.54) is 0 Å². The van der Waals surface area contributed by atoms with E-state index in [2.05, 4.69) is 9.80 Å². The molecule has 5 heteroatoms. The second kappa shape index (κ2) is 6.83. The van der Waals surface area contributed by atoms with E-state index in [0.717, 1.165) is 39.3 Å². The van der Waals surface area contributed by atoms with Crippen LogP contribution >= 0.6 is 0 Å². The van der Waals surface area contributed by atoms with E-state index < -0.39 is 5.97 Å². The Kier molecular flexibility index (Phi) is 5.73. The van der Waals surface area contributed by atoms with E-state index in [1.54, 1.807) is 7.11 Å². The van der Waals surface area contributed by atoms with Gasteiger partial charge in [-0.3, -0.25) is 14.6 Å². The molecule has 0 aromatic carbocycles. The lowest BCUT2D eigenvalue weighted by Gasteiger charge is -2.37. The highest BCUT2D eigenvalue weighted by molar-refractivity contribution is 5.73. The third-order valence-corrected chi connectivity index (χ3v) is 3.13. The summed E-state index contributed by atoms with van der Waals surface area (Å²) in [5.41, 5.74) is 0. The summed E-state index contributed by atoms with van der Waals surface area (Å²) in [4.78, 5) is 15.4. The van der Waals surface area contributed by atoms with E-state index >= 15 is 0 Å². The number of carboxylic acids is 1. The average Bonchev–Trinajstić information content (AvgIpc) is 2.28. The number of piperazine rings is 1. The number of carboxylic acid groups (broad SMARTS) is 1. The summed E-state index contributed by atoms with van der Waals surface area (Å²) in [5, 5.41) is 9.06. The van der Waals surface area contributed by atoms with Crippen LogP contribution in [0.15, 0.2) is 0 Å². The zero-order valence-electron chi connectivity index (χ0n) is 10.2. The van der Waals surface area contributed by atoms with E-state index in [1.807, 2.05) is 6.92 Å². The second-order valence-electron chi connectivity index (χ2n) is 4.13. The summed E-state index contributed by atoms with van der Waals surface area (Å²) in [7, 11) is 1.70. The smallest absolute Gasteiger partial charge is 0.320 e. The number of ether oxygens (including phenoxy) is 1. The third kappa shape index (κ3) is 3.73.